The molecule has 10 heteroatoms. The lowest BCUT2D eigenvalue weighted by molar-refractivity contribution is -0.131. The van der Waals surface area contributed by atoms with Crippen LogP contribution in [0.3, 0.4) is 0 Å². The lowest BCUT2D eigenvalue weighted by atomic mass is 9.82. The quantitative estimate of drug-likeness (QED) is 0.263. The molecule has 6 rings (SSSR count). The Kier molecular flexibility index (Phi) is 7.53. The molecule has 0 N–H and O–H groups in total. The number of halogens is 4. The Hall–Kier alpha value is -1.61. The molecule has 0 aliphatic carbocycles. The lowest BCUT2D eigenvalue weighted by Gasteiger charge is -2.50. The fourth-order valence-corrected chi connectivity index (χ4v) is 8.98. The van der Waals surface area contributed by atoms with Gasteiger partial charge in [0.05, 0.1) is 38.8 Å². The van der Waals surface area contributed by atoms with E-state index in [1.54, 1.807) is 34.6 Å². The first-order chi connectivity index (χ1) is 18.7. The van der Waals surface area contributed by atoms with Crippen LogP contribution in [0.1, 0.15) is 23.1 Å². The van der Waals surface area contributed by atoms with Crippen LogP contribution in [-0.2, 0) is 39.1 Å². The Morgan fingerprint density at radius 1 is 0.872 bits per heavy atom. The minimum Gasteiger partial charge on any atom is -0.368 e. The van der Waals surface area contributed by atoms with Crippen LogP contribution in [0, 0.1) is 0 Å². The molecule has 1 spiro atoms. The third-order valence-corrected chi connectivity index (χ3v) is 11.6. The van der Waals surface area contributed by atoms with Crippen LogP contribution in [0.2, 0.25) is 20.1 Å². The molecule has 0 amide bonds. The van der Waals surface area contributed by atoms with Crippen LogP contribution in [0.15, 0.2) is 78.9 Å². The monoisotopic (exact) mass is 623 g/mol. The van der Waals surface area contributed by atoms with Gasteiger partial charge < -0.3 is 9.47 Å². The molecular weight excluding hydrogens is 600 g/mol. The molecular formula is C29H25Cl4NO4S. The van der Waals surface area contributed by atoms with Crippen LogP contribution >= 0.6 is 46.4 Å². The van der Waals surface area contributed by atoms with E-state index in [9.17, 15) is 8.42 Å². The summed E-state index contributed by atoms with van der Waals surface area (Å²) in [6, 6.07) is 19.8. The van der Waals surface area contributed by atoms with Gasteiger partial charge in [-0.2, -0.15) is 4.31 Å². The van der Waals surface area contributed by atoms with Gasteiger partial charge in [0.2, 0.25) is 10.0 Å². The molecule has 2 fully saturated rings. The van der Waals surface area contributed by atoms with Crippen molar-refractivity contribution in [3.05, 3.63) is 116 Å². The summed E-state index contributed by atoms with van der Waals surface area (Å²) in [4.78, 5) is 0. The maximum atomic E-state index is 14.3. The molecule has 0 radical (unpaired) electrons. The lowest BCUT2D eigenvalue weighted by Crippen LogP contribution is -2.69. The van der Waals surface area contributed by atoms with E-state index < -0.39 is 33.0 Å². The van der Waals surface area contributed by atoms with Crippen LogP contribution in [0.4, 0.5) is 0 Å². The van der Waals surface area contributed by atoms with Gasteiger partial charge in [-0.05, 0) is 53.8 Å². The Morgan fingerprint density at radius 3 is 2.21 bits per heavy atom. The zero-order valence-electron chi connectivity index (χ0n) is 20.6. The average molecular weight is 625 g/mol. The number of nitrogens with zero attached hydrogens (tertiary/aromatic N) is 1. The van der Waals surface area contributed by atoms with Gasteiger partial charge in [-0.1, -0.05) is 101 Å². The number of ether oxygens (including phenoxy) is 2. The largest absolute Gasteiger partial charge is 0.368 e. The Balaban J connectivity index is 1.43. The van der Waals surface area contributed by atoms with E-state index in [1.165, 1.54) is 0 Å². The van der Waals surface area contributed by atoms with Gasteiger partial charge in [0.1, 0.15) is 17.0 Å². The maximum absolute atomic E-state index is 14.3. The van der Waals surface area contributed by atoms with Crippen molar-refractivity contribution < 1.29 is 17.9 Å². The molecule has 0 aromatic heterocycles. The topological polar surface area (TPSA) is 55.8 Å². The summed E-state index contributed by atoms with van der Waals surface area (Å²) in [5.41, 5.74) is 1.47. The van der Waals surface area contributed by atoms with Crippen molar-refractivity contribution in [2.45, 2.75) is 55.1 Å². The summed E-state index contributed by atoms with van der Waals surface area (Å²) >= 11 is 24.8. The zero-order chi connectivity index (χ0) is 27.4. The highest BCUT2D eigenvalue weighted by molar-refractivity contribution is 7.89. The van der Waals surface area contributed by atoms with E-state index in [0.29, 0.717) is 32.9 Å². The highest BCUT2D eigenvalue weighted by atomic mass is 35.5. The molecule has 2 saturated heterocycles. The van der Waals surface area contributed by atoms with Crippen molar-refractivity contribution in [3.63, 3.8) is 0 Å². The first-order valence-corrected chi connectivity index (χ1v) is 15.6. The fraction of sp³-hybridized carbons (Fsp3) is 0.310. The second-order valence-electron chi connectivity index (χ2n) is 10.2. The van der Waals surface area contributed by atoms with Gasteiger partial charge in [0.15, 0.2) is 0 Å². The number of fused-ring (bicyclic) bond motifs is 1. The Labute approximate surface area is 248 Å². The second-order valence-corrected chi connectivity index (χ2v) is 13.9. The van der Waals surface area contributed by atoms with Crippen molar-refractivity contribution in [3.8, 4) is 0 Å². The Bertz CT molecular complexity index is 1530. The molecule has 204 valence electrons. The summed E-state index contributed by atoms with van der Waals surface area (Å²) < 4.78 is 43.3. The molecule has 39 heavy (non-hydrogen) atoms. The molecule has 3 heterocycles. The highest BCUT2D eigenvalue weighted by Crippen LogP contribution is 2.52. The molecule has 5 nitrogen and oxygen atoms in total. The van der Waals surface area contributed by atoms with E-state index in [4.69, 9.17) is 55.9 Å². The Morgan fingerprint density at radius 2 is 1.54 bits per heavy atom. The summed E-state index contributed by atoms with van der Waals surface area (Å²) in [6.07, 6.45) is 3.80. The van der Waals surface area contributed by atoms with Crippen LogP contribution in [-0.4, -0.2) is 41.8 Å². The van der Waals surface area contributed by atoms with Gasteiger partial charge in [0, 0.05) is 6.54 Å². The number of sulfonamides is 1. The number of hydrogen-bond acceptors (Lipinski definition) is 4. The predicted molar refractivity (Wildman–Crippen MR) is 155 cm³/mol. The standard InChI is InChI=1S/C29H25Cl4NO4S/c30-22-8-6-19(12-24(22)32)16-34-26(14-18-4-2-1-3-5-18)28(37-17-20-7-9-23(31)25(33)13-20)29-11-10-21(38-29)15-27(29)39(34,35)36/h1-13,21,26-28H,14-17H2/t21-,26+,27-,28-,29+/m0/s1. The number of benzene rings is 3. The molecule has 5 atom stereocenters. The van der Waals surface area contributed by atoms with Gasteiger partial charge in [0.25, 0.3) is 0 Å². The van der Waals surface area contributed by atoms with Crippen molar-refractivity contribution in [1.29, 1.82) is 0 Å². The maximum Gasteiger partial charge on any atom is 0.221 e. The van der Waals surface area contributed by atoms with Crippen molar-refractivity contribution in [2.24, 2.45) is 0 Å². The summed E-state index contributed by atoms with van der Waals surface area (Å²) in [5, 5.41) is 0.904. The number of hydrogen-bond donors (Lipinski definition) is 0. The number of rotatable bonds is 7. The minimum absolute atomic E-state index is 0.129. The predicted octanol–water partition coefficient (Wildman–Crippen LogP) is 7.11. The highest BCUT2D eigenvalue weighted by Gasteiger charge is 2.67. The average Bonchev–Trinajstić information content (AvgIpc) is 3.51. The van der Waals surface area contributed by atoms with Gasteiger partial charge in [-0.15, -0.1) is 0 Å². The van der Waals surface area contributed by atoms with Crippen molar-refractivity contribution >= 4 is 56.4 Å². The summed E-state index contributed by atoms with van der Waals surface area (Å²) in [6.45, 7) is 0.341. The van der Waals surface area contributed by atoms with E-state index in [0.717, 1.165) is 16.7 Å². The first kappa shape index (κ1) is 27.6. The third-order valence-electron chi connectivity index (χ3n) is 7.75. The van der Waals surface area contributed by atoms with E-state index in [1.807, 2.05) is 48.6 Å². The zero-order valence-corrected chi connectivity index (χ0v) is 24.5. The molecule has 3 aliphatic rings. The minimum atomic E-state index is -3.80. The third kappa shape index (κ3) is 5.04. The van der Waals surface area contributed by atoms with E-state index in [-0.39, 0.29) is 19.3 Å². The van der Waals surface area contributed by atoms with Gasteiger partial charge in [-0.3, -0.25) is 0 Å². The fourth-order valence-electron chi connectivity index (χ4n) is 5.95. The van der Waals surface area contributed by atoms with Crippen molar-refractivity contribution in [2.75, 3.05) is 0 Å². The first-order valence-electron chi connectivity index (χ1n) is 12.6. The summed E-state index contributed by atoms with van der Waals surface area (Å²) in [5.74, 6) is 0. The SMILES string of the molecule is O=S1(=O)[C@H]2C[C@@H]3C=C[C@]2(O3)[C@@H](OCc2ccc(Cl)c(Cl)c2)[C@@H](Cc2ccccc2)N1Cc1ccc(Cl)c(Cl)c1. The molecule has 3 aliphatic heterocycles. The second kappa shape index (κ2) is 10.7. The van der Waals surface area contributed by atoms with Gasteiger partial charge in [-0.25, -0.2) is 8.42 Å². The summed E-state index contributed by atoms with van der Waals surface area (Å²) in [7, 11) is -3.80. The molecule has 0 unspecified atom stereocenters. The molecule has 2 bridgehead atoms. The van der Waals surface area contributed by atoms with Gasteiger partial charge >= 0.3 is 0 Å². The molecule has 3 aromatic carbocycles. The molecule has 3 aromatic rings. The van der Waals surface area contributed by atoms with Crippen LogP contribution < -0.4 is 0 Å². The van der Waals surface area contributed by atoms with Crippen molar-refractivity contribution in [1.82, 2.24) is 4.31 Å². The normalized spacial score (nSPS) is 29.0. The molecule has 0 saturated carbocycles. The van der Waals surface area contributed by atoms with Crippen LogP contribution in [0.25, 0.3) is 0 Å². The van der Waals surface area contributed by atoms with E-state index in [2.05, 4.69) is 0 Å². The van der Waals surface area contributed by atoms with E-state index >= 15 is 0 Å². The smallest absolute Gasteiger partial charge is 0.221 e. The van der Waals surface area contributed by atoms with Crippen LogP contribution in [0.5, 0.6) is 0 Å².